The number of hydrogen-bond acceptors (Lipinski definition) is 5. The molecule has 0 bridgehead atoms. The lowest BCUT2D eigenvalue weighted by atomic mass is 10.1. The first kappa shape index (κ1) is 27.5. The van der Waals surface area contributed by atoms with E-state index >= 15 is 0 Å². The number of ether oxygens (including phenoxy) is 2. The minimum Gasteiger partial charge on any atom is -0.490 e. The number of hydrogen-bond donors (Lipinski definition) is 1. The van der Waals surface area contributed by atoms with Gasteiger partial charge in [-0.25, -0.2) is 5.43 Å². The Morgan fingerprint density at radius 2 is 1.76 bits per heavy atom. The van der Waals surface area contributed by atoms with E-state index in [0.717, 1.165) is 23.2 Å². The highest BCUT2D eigenvalue weighted by Gasteiger charge is 2.35. The quantitative estimate of drug-likeness (QED) is 0.245. The van der Waals surface area contributed by atoms with Crippen molar-refractivity contribution in [1.29, 1.82) is 0 Å². The molecule has 7 nitrogen and oxygen atoms in total. The van der Waals surface area contributed by atoms with Crippen molar-refractivity contribution >= 4 is 46.9 Å². The molecule has 9 heteroatoms. The van der Waals surface area contributed by atoms with Crippen LogP contribution in [0.1, 0.15) is 37.0 Å². The van der Waals surface area contributed by atoms with Gasteiger partial charge in [0.1, 0.15) is 6.61 Å². The fourth-order valence-electron chi connectivity index (χ4n) is 4.09. The van der Waals surface area contributed by atoms with Gasteiger partial charge in [0, 0.05) is 18.7 Å². The summed E-state index contributed by atoms with van der Waals surface area (Å²) in [5.74, 6) is 0.274. The van der Waals surface area contributed by atoms with Crippen molar-refractivity contribution < 1.29 is 19.1 Å². The SMILES string of the molecule is CCOc1cc(/C=N/NC(=O)[C@@H]2CC(=O)N(c3ccc(CC)cc3)C2)ccc1OCc1ccc(Cl)c(Cl)c1. The summed E-state index contributed by atoms with van der Waals surface area (Å²) < 4.78 is 11.7. The number of nitrogens with zero attached hydrogens (tertiary/aromatic N) is 2. The number of hydrazone groups is 1. The van der Waals surface area contributed by atoms with Gasteiger partial charge in [0.2, 0.25) is 11.8 Å². The highest BCUT2D eigenvalue weighted by atomic mass is 35.5. The normalized spacial score (nSPS) is 15.2. The fourth-order valence-corrected chi connectivity index (χ4v) is 4.41. The van der Waals surface area contributed by atoms with Crippen LogP contribution >= 0.6 is 23.2 Å². The summed E-state index contributed by atoms with van der Waals surface area (Å²) in [5, 5.41) is 5.05. The van der Waals surface area contributed by atoms with Crippen LogP contribution in [0.3, 0.4) is 0 Å². The molecule has 1 fully saturated rings. The number of nitrogens with one attached hydrogen (secondary N) is 1. The smallest absolute Gasteiger partial charge is 0.245 e. The molecular weight excluding hydrogens is 525 g/mol. The Morgan fingerprint density at radius 3 is 2.47 bits per heavy atom. The van der Waals surface area contributed by atoms with Crippen molar-refractivity contribution in [2.75, 3.05) is 18.1 Å². The molecular formula is C29H29Cl2N3O4. The maximum absolute atomic E-state index is 12.7. The molecule has 4 rings (SSSR count). The van der Waals surface area contributed by atoms with Gasteiger partial charge in [-0.05, 0) is 72.5 Å². The van der Waals surface area contributed by atoms with Gasteiger partial charge in [-0.1, -0.05) is 48.3 Å². The van der Waals surface area contributed by atoms with Gasteiger partial charge in [0.25, 0.3) is 0 Å². The van der Waals surface area contributed by atoms with Crippen LogP contribution in [0.4, 0.5) is 5.69 Å². The Morgan fingerprint density at radius 1 is 1.00 bits per heavy atom. The van der Waals surface area contributed by atoms with E-state index in [4.69, 9.17) is 32.7 Å². The minimum absolute atomic E-state index is 0.0730. The minimum atomic E-state index is -0.471. The highest BCUT2D eigenvalue weighted by molar-refractivity contribution is 6.42. The van der Waals surface area contributed by atoms with Gasteiger partial charge in [-0.2, -0.15) is 5.10 Å². The van der Waals surface area contributed by atoms with E-state index in [0.29, 0.717) is 41.3 Å². The molecule has 198 valence electrons. The Labute approximate surface area is 232 Å². The molecule has 0 radical (unpaired) electrons. The molecule has 1 atom stereocenters. The van der Waals surface area contributed by atoms with Crippen molar-refractivity contribution in [2.45, 2.75) is 33.3 Å². The van der Waals surface area contributed by atoms with E-state index < -0.39 is 5.92 Å². The molecule has 1 heterocycles. The van der Waals surface area contributed by atoms with Gasteiger partial charge in [-0.3, -0.25) is 9.59 Å². The van der Waals surface area contributed by atoms with E-state index in [1.807, 2.05) is 43.3 Å². The third-order valence-electron chi connectivity index (χ3n) is 6.19. The van der Waals surface area contributed by atoms with E-state index in [1.165, 1.54) is 11.8 Å². The highest BCUT2D eigenvalue weighted by Crippen LogP contribution is 2.30. The Kier molecular flexibility index (Phi) is 9.26. The van der Waals surface area contributed by atoms with Crippen molar-refractivity contribution in [3.8, 4) is 11.5 Å². The molecule has 3 aromatic carbocycles. The Balaban J connectivity index is 1.35. The third-order valence-corrected chi connectivity index (χ3v) is 6.93. The summed E-state index contributed by atoms with van der Waals surface area (Å²) >= 11 is 12.1. The average Bonchev–Trinajstić information content (AvgIpc) is 3.32. The summed E-state index contributed by atoms with van der Waals surface area (Å²) in [6.45, 7) is 5.03. The first-order valence-electron chi connectivity index (χ1n) is 12.4. The van der Waals surface area contributed by atoms with Gasteiger partial charge < -0.3 is 14.4 Å². The number of rotatable bonds is 10. The van der Waals surface area contributed by atoms with Crippen LogP contribution in [-0.2, 0) is 22.6 Å². The maximum Gasteiger partial charge on any atom is 0.245 e. The predicted molar refractivity (Wildman–Crippen MR) is 150 cm³/mol. The zero-order valence-electron chi connectivity index (χ0n) is 21.2. The molecule has 0 aromatic heterocycles. The second kappa shape index (κ2) is 12.8. The topological polar surface area (TPSA) is 80.2 Å². The summed E-state index contributed by atoms with van der Waals surface area (Å²) in [7, 11) is 0. The molecule has 0 unspecified atom stereocenters. The van der Waals surface area contributed by atoms with Crippen LogP contribution < -0.4 is 19.8 Å². The predicted octanol–water partition coefficient (Wildman–Crippen LogP) is 6.04. The van der Waals surface area contributed by atoms with Gasteiger partial charge in [-0.15, -0.1) is 0 Å². The molecule has 1 saturated heterocycles. The van der Waals surface area contributed by atoms with Gasteiger partial charge >= 0.3 is 0 Å². The lowest BCUT2D eigenvalue weighted by molar-refractivity contribution is -0.126. The molecule has 0 saturated carbocycles. The maximum atomic E-state index is 12.7. The van der Waals surface area contributed by atoms with E-state index in [-0.39, 0.29) is 18.2 Å². The number of benzene rings is 3. The van der Waals surface area contributed by atoms with Crippen molar-refractivity contribution in [3.05, 3.63) is 87.4 Å². The molecule has 0 spiro atoms. The number of carbonyl (C=O) groups excluding carboxylic acids is 2. The number of anilines is 1. The molecule has 1 aliphatic heterocycles. The molecule has 0 aliphatic carbocycles. The summed E-state index contributed by atoms with van der Waals surface area (Å²) in [6, 6.07) is 18.5. The number of carbonyl (C=O) groups is 2. The first-order chi connectivity index (χ1) is 18.4. The monoisotopic (exact) mass is 553 g/mol. The molecule has 2 amide bonds. The van der Waals surface area contributed by atoms with Crippen LogP contribution in [0.25, 0.3) is 0 Å². The van der Waals surface area contributed by atoms with Gasteiger partial charge in [0.05, 0.1) is 28.8 Å². The van der Waals surface area contributed by atoms with Gasteiger partial charge in [0.15, 0.2) is 11.5 Å². The fraction of sp³-hybridized carbons (Fsp3) is 0.276. The lowest BCUT2D eigenvalue weighted by Gasteiger charge is -2.16. The Bertz CT molecular complexity index is 1330. The first-order valence-corrected chi connectivity index (χ1v) is 13.2. The zero-order chi connectivity index (χ0) is 27.1. The van der Waals surface area contributed by atoms with Crippen molar-refractivity contribution in [3.63, 3.8) is 0 Å². The zero-order valence-corrected chi connectivity index (χ0v) is 22.8. The second-order valence-electron chi connectivity index (χ2n) is 8.84. The van der Waals surface area contributed by atoms with Crippen LogP contribution in [0.15, 0.2) is 65.8 Å². The van der Waals surface area contributed by atoms with E-state index in [1.54, 1.807) is 29.2 Å². The summed E-state index contributed by atoms with van der Waals surface area (Å²) in [5.41, 5.74) is 6.15. The van der Waals surface area contributed by atoms with Crippen LogP contribution in [0, 0.1) is 5.92 Å². The van der Waals surface area contributed by atoms with Crippen LogP contribution in [0.2, 0.25) is 10.0 Å². The van der Waals surface area contributed by atoms with E-state index in [2.05, 4.69) is 17.5 Å². The molecule has 38 heavy (non-hydrogen) atoms. The third kappa shape index (κ3) is 6.85. The molecule has 1 N–H and O–H groups in total. The lowest BCUT2D eigenvalue weighted by Crippen LogP contribution is -2.30. The largest absolute Gasteiger partial charge is 0.490 e. The summed E-state index contributed by atoms with van der Waals surface area (Å²) in [6.07, 6.45) is 2.61. The molecule has 3 aromatic rings. The summed E-state index contributed by atoms with van der Waals surface area (Å²) in [4.78, 5) is 26.8. The average molecular weight is 554 g/mol. The second-order valence-corrected chi connectivity index (χ2v) is 9.65. The number of halogens is 2. The van der Waals surface area contributed by atoms with Crippen LogP contribution in [-0.4, -0.2) is 31.2 Å². The van der Waals surface area contributed by atoms with E-state index in [9.17, 15) is 9.59 Å². The van der Waals surface area contributed by atoms with Crippen LogP contribution in [0.5, 0.6) is 11.5 Å². The number of aryl methyl sites for hydroxylation is 1. The standard InChI is InChI=1S/C29H29Cl2N3O4/c1-3-19-5-9-23(10-6-19)34-17-22(15-28(34)35)29(36)33-32-16-20-8-12-26(27(14-20)37-4-2)38-18-21-7-11-24(30)25(31)13-21/h5-14,16,22H,3-4,15,17-18H2,1-2H3,(H,33,36)/b32-16+/t22-/m1/s1. The van der Waals surface area contributed by atoms with Crippen molar-refractivity contribution in [2.24, 2.45) is 11.0 Å². The Hall–Kier alpha value is -3.55. The number of amides is 2. The van der Waals surface area contributed by atoms with Crippen molar-refractivity contribution in [1.82, 2.24) is 5.43 Å². The molecule has 1 aliphatic rings.